The molecule has 3 heterocycles. The van der Waals surface area contributed by atoms with Gasteiger partial charge in [0.25, 0.3) is 0 Å². The van der Waals surface area contributed by atoms with Gasteiger partial charge in [-0.3, -0.25) is 4.99 Å². The van der Waals surface area contributed by atoms with E-state index in [4.69, 9.17) is 0 Å². The molecule has 28 heavy (non-hydrogen) atoms. The fourth-order valence-electron chi connectivity index (χ4n) is 4.31. The summed E-state index contributed by atoms with van der Waals surface area (Å²) < 4.78 is 14.0. The third-order valence-corrected chi connectivity index (χ3v) is 5.58. The highest BCUT2D eigenvalue weighted by atomic mass is 19.1. The largest absolute Gasteiger partial charge is 0.356 e. The van der Waals surface area contributed by atoms with E-state index in [-0.39, 0.29) is 11.9 Å². The standard InChI is InChI=1S/C21H35FN6/c1-16(2)13-27-10-5-6-17(14-27)12-25-21(23-3)26-18-8-11-28(15-18)20-19(22)7-4-9-24-20/h4,7,9,16-18H,5-6,8,10-15H2,1-3H3,(H2,23,25,26). The van der Waals surface area contributed by atoms with Crippen LogP contribution in [-0.2, 0) is 0 Å². The second-order valence-electron chi connectivity index (χ2n) is 8.50. The number of hydrogen-bond acceptors (Lipinski definition) is 4. The van der Waals surface area contributed by atoms with Crippen LogP contribution in [0.1, 0.15) is 33.1 Å². The maximum Gasteiger partial charge on any atom is 0.191 e. The summed E-state index contributed by atoms with van der Waals surface area (Å²) in [5.74, 6) is 2.41. The SMILES string of the molecule is CN=C(NCC1CCCN(CC(C)C)C1)NC1CCN(c2ncccc2F)C1. The molecule has 1 aromatic heterocycles. The van der Waals surface area contributed by atoms with E-state index in [1.807, 2.05) is 11.9 Å². The number of halogens is 1. The third-order valence-electron chi connectivity index (χ3n) is 5.58. The molecule has 7 heteroatoms. The Morgan fingerprint density at radius 1 is 1.32 bits per heavy atom. The van der Waals surface area contributed by atoms with Crippen molar-refractivity contribution in [1.82, 2.24) is 20.5 Å². The Hall–Kier alpha value is -1.89. The molecule has 2 saturated heterocycles. The van der Waals surface area contributed by atoms with Crippen molar-refractivity contribution in [3.63, 3.8) is 0 Å². The van der Waals surface area contributed by atoms with Gasteiger partial charge in [0.05, 0.1) is 0 Å². The predicted molar refractivity (Wildman–Crippen MR) is 113 cm³/mol. The van der Waals surface area contributed by atoms with Crippen molar-refractivity contribution in [1.29, 1.82) is 0 Å². The van der Waals surface area contributed by atoms with Crippen molar-refractivity contribution in [3.05, 3.63) is 24.1 Å². The van der Waals surface area contributed by atoms with Gasteiger partial charge in [-0.25, -0.2) is 9.37 Å². The highest BCUT2D eigenvalue weighted by Crippen LogP contribution is 2.21. The van der Waals surface area contributed by atoms with Gasteiger partial charge in [0.2, 0.25) is 0 Å². The summed E-state index contributed by atoms with van der Waals surface area (Å²) in [4.78, 5) is 13.2. The molecule has 2 fully saturated rings. The maximum atomic E-state index is 14.0. The van der Waals surface area contributed by atoms with Crippen molar-refractivity contribution < 1.29 is 4.39 Å². The molecule has 3 rings (SSSR count). The average Bonchev–Trinajstić information content (AvgIpc) is 3.13. The molecule has 2 aliphatic rings. The Labute approximate surface area is 168 Å². The number of piperidine rings is 1. The van der Waals surface area contributed by atoms with Crippen molar-refractivity contribution in [2.24, 2.45) is 16.8 Å². The number of guanidine groups is 1. The summed E-state index contributed by atoms with van der Waals surface area (Å²) in [6.07, 6.45) is 5.14. The Balaban J connectivity index is 1.44. The first-order valence-electron chi connectivity index (χ1n) is 10.6. The zero-order valence-electron chi connectivity index (χ0n) is 17.5. The lowest BCUT2D eigenvalue weighted by Crippen LogP contribution is -2.48. The minimum absolute atomic E-state index is 0.247. The Kier molecular flexibility index (Phi) is 7.48. The number of hydrogen-bond donors (Lipinski definition) is 2. The molecule has 0 aromatic carbocycles. The molecule has 0 radical (unpaired) electrons. The van der Waals surface area contributed by atoms with Crippen LogP contribution in [0.2, 0.25) is 0 Å². The van der Waals surface area contributed by atoms with Crippen LogP contribution in [0.25, 0.3) is 0 Å². The minimum atomic E-state index is -0.256. The highest BCUT2D eigenvalue weighted by molar-refractivity contribution is 5.80. The normalized spacial score (nSPS) is 24.0. The molecule has 0 aliphatic carbocycles. The van der Waals surface area contributed by atoms with Crippen LogP contribution in [0, 0.1) is 17.7 Å². The molecule has 2 unspecified atom stereocenters. The average molecular weight is 391 g/mol. The van der Waals surface area contributed by atoms with E-state index in [1.165, 1.54) is 38.5 Å². The van der Waals surface area contributed by atoms with Crippen LogP contribution in [0.3, 0.4) is 0 Å². The summed E-state index contributed by atoms with van der Waals surface area (Å²) in [5.41, 5.74) is 0. The van der Waals surface area contributed by atoms with Gasteiger partial charge in [-0.1, -0.05) is 13.8 Å². The van der Waals surface area contributed by atoms with Crippen LogP contribution in [0.15, 0.2) is 23.3 Å². The molecular weight excluding hydrogens is 355 g/mol. The number of anilines is 1. The van der Waals surface area contributed by atoms with E-state index >= 15 is 0 Å². The summed E-state index contributed by atoms with van der Waals surface area (Å²) in [5, 5.41) is 7.01. The molecule has 2 atom stereocenters. The number of nitrogens with one attached hydrogen (secondary N) is 2. The molecule has 1 aromatic rings. The third kappa shape index (κ3) is 5.80. The number of nitrogens with zero attached hydrogens (tertiary/aromatic N) is 4. The van der Waals surface area contributed by atoms with E-state index in [1.54, 1.807) is 12.3 Å². The summed E-state index contributed by atoms with van der Waals surface area (Å²) >= 11 is 0. The fraction of sp³-hybridized carbons (Fsp3) is 0.714. The molecule has 2 aliphatic heterocycles. The quantitative estimate of drug-likeness (QED) is 0.577. The smallest absolute Gasteiger partial charge is 0.191 e. The maximum absolute atomic E-state index is 14.0. The van der Waals surface area contributed by atoms with Crippen molar-refractivity contribution >= 4 is 11.8 Å². The number of rotatable bonds is 6. The molecule has 0 bridgehead atoms. The van der Waals surface area contributed by atoms with Crippen LogP contribution in [-0.4, -0.2) is 68.2 Å². The van der Waals surface area contributed by atoms with E-state index in [9.17, 15) is 4.39 Å². The summed E-state index contributed by atoms with van der Waals surface area (Å²) in [6.45, 7) is 10.6. The molecule has 2 N–H and O–H groups in total. The van der Waals surface area contributed by atoms with Gasteiger partial charge in [-0.05, 0) is 49.8 Å². The first-order valence-corrected chi connectivity index (χ1v) is 10.6. The zero-order chi connectivity index (χ0) is 19.9. The molecule has 6 nitrogen and oxygen atoms in total. The number of aliphatic imine (C=N–C) groups is 1. The van der Waals surface area contributed by atoms with E-state index < -0.39 is 0 Å². The molecular formula is C21H35FN6. The van der Waals surface area contributed by atoms with E-state index in [0.717, 1.165) is 37.9 Å². The summed E-state index contributed by atoms with van der Waals surface area (Å²) in [7, 11) is 1.81. The molecule has 0 amide bonds. The monoisotopic (exact) mass is 390 g/mol. The van der Waals surface area contributed by atoms with Crippen LogP contribution in [0.5, 0.6) is 0 Å². The van der Waals surface area contributed by atoms with Crippen LogP contribution >= 0.6 is 0 Å². The van der Waals surface area contributed by atoms with E-state index in [0.29, 0.717) is 11.7 Å². The first kappa shape index (κ1) is 20.8. The number of aromatic nitrogens is 1. The molecule has 0 saturated carbocycles. The number of pyridine rings is 1. The van der Waals surface area contributed by atoms with Crippen LogP contribution < -0.4 is 15.5 Å². The van der Waals surface area contributed by atoms with Gasteiger partial charge in [-0.2, -0.15) is 0 Å². The Morgan fingerprint density at radius 3 is 2.93 bits per heavy atom. The van der Waals surface area contributed by atoms with Crippen molar-refractivity contribution in [2.45, 2.75) is 39.2 Å². The first-order chi connectivity index (χ1) is 13.5. The second-order valence-corrected chi connectivity index (χ2v) is 8.50. The van der Waals surface area contributed by atoms with Crippen molar-refractivity contribution in [3.8, 4) is 0 Å². The lowest BCUT2D eigenvalue weighted by atomic mass is 9.97. The van der Waals surface area contributed by atoms with Crippen molar-refractivity contribution in [2.75, 3.05) is 51.2 Å². The minimum Gasteiger partial charge on any atom is -0.356 e. The van der Waals surface area contributed by atoms with Gasteiger partial charge in [0, 0.05) is 52.0 Å². The summed E-state index contributed by atoms with van der Waals surface area (Å²) in [6, 6.07) is 3.34. The second kappa shape index (κ2) is 10.0. The lowest BCUT2D eigenvalue weighted by molar-refractivity contribution is 0.159. The van der Waals surface area contributed by atoms with Gasteiger partial charge < -0.3 is 20.4 Å². The highest BCUT2D eigenvalue weighted by Gasteiger charge is 2.26. The van der Waals surface area contributed by atoms with Gasteiger partial charge in [0.1, 0.15) is 0 Å². The molecule has 156 valence electrons. The topological polar surface area (TPSA) is 55.8 Å². The van der Waals surface area contributed by atoms with Gasteiger partial charge in [-0.15, -0.1) is 0 Å². The van der Waals surface area contributed by atoms with Crippen LogP contribution in [0.4, 0.5) is 10.2 Å². The van der Waals surface area contributed by atoms with E-state index in [2.05, 4.69) is 39.4 Å². The predicted octanol–water partition coefficient (Wildman–Crippen LogP) is 2.33. The number of likely N-dealkylation sites (tertiary alicyclic amines) is 1. The lowest BCUT2D eigenvalue weighted by Gasteiger charge is -2.34. The fourth-order valence-corrected chi connectivity index (χ4v) is 4.31. The Bertz CT molecular complexity index is 650. The molecule has 0 spiro atoms. The van der Waals surface area contributed by atoms with Gasteiger partial charge in [0.15, 0.2) is 17.6 Å². The Morgan fingerprint density at radius 2 is 2.18 bits per heavy atom. The zero-order valence-corrected chi connectivity index (χ0v) is 17.5. The van der Waals surface area contributed by atoms with Gasteiger partial charge >= 0.3 is 0 Å².